The van der Waals surface area contributed by atoms with Gasteiger partial charge in [0, 0.05) is 37.2 Å². The van der Waals surface area contributed by atoms with Gasteiger partial charge >= 0.3 is 0 Å². The topological polar surface area (TPSA) is 49.9 Å². The number of hydrogen-bond donors (Lipinski definition) is 0. The summed E-state index contributed by atoms with van der Waals surface area (Å²) in [5, 5.41) is 0.631. The van der Waals surface area contributed by atoms with Crippen molar-refractivity contribution in [2.45, 2.75) is 31.1 Å². The molecule has 0 spiro atoms. The summed E-state index contributed by atoms with van der Waals surface area (Å²) in [6.45, 7) is 4.89. The van der Waals surface area contributed by atoms with Crippen LogP contribution in [0, 0.1) is 11.8 Å². The van der Waals surface area contributed by atoms with Gasteiger partial charge in [-0.1, -0.05) is 30.2 Å². The molecular weight excluding hydrogens is 372 g/mol. The van der Waals surface area contributed by atoms with Crippen molar-refractivity contribution in [2.24, 2.45) is 11.8 Å². The minimum Gasteiger partial charge on any atom is -0.379 e. The summed E-state index contributed by atoms with van der Waals surface area (Å²) in [5.74, 6) is 0.951. The summed E-state index contributed by atoms with van der Waals surface area (Å²) in [7, 11) is -3.30. The van der Waals surface area contributed by atoms with Crippen molar-refractivity contribution in [2.75, 3.05) is 39.4 Å². The Kier molecular flexibility index (Phi) is 5.58. The van der Waals surface area contributed by atoms with Crippen LogP contribution in [0.25, 0.3) is 0 Å². The molecule has 3 fully saturated rings. The molecule has 1 aliphatic carbocycles. The van der Waals surface area contributed by atoms with Crippen LogP contribution in [-0.2, 0) is 20.5 Å². The van der Waals surface area contributed by atoms with Gasteiger partial charge in [0.15, 0.2) is 0 Å². The fourth-order valence-electron chi connectivity index (χ4n) is 4.95. The zero-order valence-electron chi connectivity index (χ0n) is 15.0. The van der Waals surface area contributed by atoms with Gasteiger partial charge in [-0.25, -0.2) is 12.7 Å². The average molecular weight is 399 g/mol. The molecule has 2 bridgehead atoms. The van der Waals surface area contributed by atoms with Crippen LogP contribution in [0.5, 0.6) is 0 Å². The van der Waals surface area contributed by atoms with Crippen molar-refractivity contribution in [1.82, 2.24) is 9.21 Å². The fourth-order valence-corrected chi connectivity index (χ4v) is 6.71. The van der Waals surface area contributed by atoms with Crippen LogP contribution in [0.2, 0.25) is 5.02 Å². The van der Waals surface area contributed by atoms with Crippen molar-refractivity contribution < 1.29 is 13.2 Å². The monoisotopic (exact) mass is 398 g/mol. The Morgan fingerprint density at radius 2 is 1.65 bits per heavy atom. The maximum absolute atomic E-state index is 13.0. The molecule has 1 aromatic carbocycles. The molecule has 4 rings (SSSR count). The summed E-state index contributed by atoms with van der Waals surface area (Å²) < 4.78 is 33.3. The molecule has 0 unspecified atom stereocenters. The van der Waals surface area contributed by atoms with E-state index in [1.165, 1.54) is 6.42 Å². The van der Waals surface area contributed by atoms with Crippen LogP contribution in [0.4, 0.5) is 0 Å². The first-order chi connectivity index (χ1) is 12.5. The SMILES string of the molecule is O=S(=O)(Cc1ccc(Cl)cc1)N1C[C@@H]2CCC[C@@H](C1)C2N1CCOCC1. The quantitative estimate of drug-likeness (QED) is 0.782. The van der Waals surface area contributed by atoms with E-state index in [0.29, 0.717) is 36.0 Å². The maximum Gasteiger partial charge on any atom is 0.218 e. The first-order valence-corrected chi connectivity index (χ1v) is 11.6. The van der Waals surface area contributed by atoms with Crippen LogP contribution >= 0.6 is 11.6 Å². The van der Waals surface area contributed by atoms with E-state index in [2.05, 4.69) is 4.90 Å². The number of hydrogen-bond acceptors (Lipinski definition) is 4. The summed E-state index contributed by atoms with van der Waals surface area (Å²) >= 11 is 5.91. The van der Waals surface area contributed by atoms with Crippen LogP contribution in [-0.4, -0.2) is 63.1 Å². The minimum atomic E-state index is -3.30. The molecular formula is C19H27ClN2O3S. The van der Waals surface area contributed by atoms with E-state index < -0.39 is 10.0 Å². The lowest BCUT2D eigenvalue weighted by Gasteiger charge is -2.51. The van der Waals surface area contributed by atoms with Gasteiger partial charge in [-0.2, -0.15) is 0 Å². The molecule has 144 valence electrons. The van der Waals surface area contributed by atoms with Crippen molar-refractivity contribution in [3.63, 3.8) is 0 Å². The highest BCUT2D eigenvalue weighted by molar-refractivity contribution is 7.88. The molecule has 26 heavy (non-hydrogen) atoms. The summed E-state index contributed by atoms with van der Waals surface area (Å²) in [6, 6.07) is 7.65. The molecule has 5 nitrogen and oxygen atoms in total. The molecule has 2 aliphatic heterocycles. The van der Waals surface area contributed by atoms with E-state index in [0.717, 1.165) is 44.7 Å². The summed E-state index contributed by atoms with van der Waals surface area (Å²) in [4.78, 5) is 2.56. The predicted molar refractivity (Wildman–Crippen MR) is 103 cm³/mol. The third-order valence-corrected chi connectivity index (χ3v) is 8.15. The maximum atomic E-state index is 13.0. The number of sulfonamides is 1. The second-order valence-corrected chi connectivity index (χ2v) is 10.2. The van der Waals surface area contributed by atoms with Crippen LogP contribution in [0.15, 0.2) is 24.3 Å². The number of ether oxygens (including phenoxy) is 1. The molecule has 0 radical (unpaired) electrons. The Labute approximate surface area is 161 Å². The Bertz CT molecular complexity index is 705. The number of morpholine rings is 1. The zero-order valence-corrected chi connectivity index (χ0v) is 16.6. The van der Waals surface area contributed by atoms with E-state index in [9.17, 15) is 8.42 Å². The van der Waals surface area contributed by atoms with E-state index in [1.807, 2.05) is 0 Å². The standard InChI is InChI=1S/C19H27ClN2O3S/c20-18-6-4-15(5-7-18)14-26(23,24)22-12-16-2-1-3-17(13-22)19(16)21-8-10-25-11-9-21/h4-7,16-17,19H,1-3,8-14H2/t16-,17-/m0/s1. The van der Waals surface area contributed by atoms with Crippen LogP contribution < -0.4 is 0 Å². The number of nitrogens with zero attached hydrogens (tertiary/aromatic N) is 2. The molecule has 2 saturated heterocycles. The molecule has 0 N–H and O–H groups in total. The van der Waals surface area contributed by atoms with Gasteiger partial charge in [0.25, 0.3) is 0 Å². The highest BCUT2D eigenvalue weighted by Crippen LogP contribution is 2.39. The Hall–Kier alpha value is -0.660. The van der Waals surface area contributed by atoms with Crippen LogP contribution in [0.3, 0.4) is 0 Å². The largest absolute Gasteiger partial charge is 0.379 e. The van der Waals surface area contributed by atoms with Gasteiger partial charge in [-0.05, 0) is 42.4 Å². The normalized spacial score (nSPS) is 31.0. The van der Waals surface area contributed by atoms with Crippen LogP contribution in [0.1, 0.15) is 24.8 Å². The first-order valence-electron chi connectivity index (χ1n) is 9.57. The average Bonchev–Trinajstić information content (AvgIpc) is 2.63. The predicted octanol–water partition coefficient (Wildman–Crippen LogP) is 2.60. The van der Waals surface area contributed by atoms with Gasteiger partial charge < -0.3 is 4.74 Å². The van der Waals surface area contributed by atoms with E-state index >= 15 is 0 Å². The van der Waals surface area contributed by atoms with E-state index in [4.69, 9.17) is 16.3 Å². The smallest absolute Gasteiger partial charge is 0.218 e. The molecule has 7 heteroatoms. The Balaban J connectivity index is 1.48. The van der Waals surface area contributed by atoms with Gasteiger partial charge in [0.05, 0.1) is 19.0 Å². The zero-order chi connectivity index (χ0) is 18.1. The fraction of sp³-hybridized carbons (Fsp3) is 0.684. The molecule has 0 amide bonds. The van der Waals surface area contributed by atoms with Crippen molar-refractivity contribution in [1.29, 1.82) is 0 Å². The van der Waals surface area contributed by atoms with E-state index in [1.54, 1.807) is 28.6 Å². The molecule has 3 aliphatic rings. The third kappa shape index (κ3) is 3.94. The third-order valence-electron chi connectivity index (χ3n) is 6.12. The summed E-state index contributed by atoms with van der Waals surface area (Å²) in [5.41, 5.74) is 0.801. The lowest BCUT2D eigenvalue weighted by molar-refractivity contribution is -0.0480. The highest BCUT2D eigenvalue weighted by Gasteiger charge is 2.45. The number of rotatable bonds is 4. The number of piperidine rings is 1. The van der Waals surface area contributed by atoms with Gasteiger partial charge in [0.1, 0.15) is 0 Å². The van der Waals surface area contributed by atoms with Gasteiger partial charge in [-0.15, -0.1) is 0 Å². The van der Waals surface area contributed by atoms with Gasteiger partial charge in [0.2, 0.25) is 10.0 Å². The van der Waals surface area contributed by atoms with Crippen molar-refractivity contribution in [3.8, 4) is 0 Å². The Morgan fingerprint density at radius 3 is 2.27 bits per heavy atom. The molecule has 0 aromatic heterocycles. The minimum absolute atomic E-state index is 0.0613. The highest BCUT2D eigenvalue weighted by atomic mass is 35.5. The van der Waals surface area contributed by atoms with Gasteiger partial charge in [-0.3, -0.25) is 4.90 Å². The second-order valence-electron chi connectivity index (χ2n) is 7.79. The molecule has 1 aromatic rings. The van der Waals surface area contributed by atoms with E-state index in [-0.39, 0.29) is 5.75 Å². The van der Waals surface area contributed by atoms with Crippen molar-refractivity contribution >= 4 is 21.6 Å². The molecule has 2 atom stereocenters. The lowest BCUT2D eigenvalue weighted by atomic mass is 9.73. The first kappa shape index (κ1) is 18.7. The Morgan fingerprint density at radius 1 is 1.04 bits per heavy atom. The number of halogens is 1. The lowest BCUT2D eigenvalue weighted by Crippen LogP contribution is -2.61. The molecule has 1 saturated carbocycles. The summed E-state index contributed by atoms with van der Waals surface area (Å²) in [6.07, 6.45) is 3.48. The molecule has 2 heterocycles. The number of benzene rings is 1. The number of fused-ring (bicyclic) bond motifs is 2. The van der Waals surface area contributed by atoms with Crippen molar-refractivity contribution in [3.05, 3.63) is 34.9 Å². The second kappa shape index (κ2) is 7.76.